The lowest BCUT2D eigenvalue weighted by atomic mass is 10.0. The first-order valence-corrected chi connectivity index (χ1v) is 11.6. The van der Waals surface area contributed by atoms with Gasteiger partial charge in [0.2, 0.25) is 0 Å². The van der Waals surface area contributed by atoms with E-state index in [1.54, 1.807) is 12.1 Å². The topological polar surface area (TPSA) is 26.3 Å². The Morgan fingerprint density at radius 3 is 1.61 bits per heavy atom. The second-order valence-corrected chi connectivity index (χ2v) is 7.99. The van der Waals surface area contributed by atoms with Crippen LogP contribution < -0.4 is 0 Å². The first kappa shape index (κ1) is 24.7. The van der Waals surface area contributed by atoms with Gasteiger partial charge in [-0.3, -0.25) is 4.79 Å². The smallest absolute Gasteiger partial charge is 0.306 e. The van der Waals surface area contributed by atoms with Crippen LogP contribution in [0.25, 0.3) is 0 Å². The molecule has 1 rings (SSSR count). The molecule has 0 heterocycles. The molecular weight excluding hydrogens is 351 g/mol. The van der Waals surface area contributed by atoms with Crippen LogP contribution in [0.4, 0.5) is 4.39 Å². The zero-order chi connectivity index (χ0) is 20.3. The van der Waals surface area contributed by atoms with Gasteiger partial charge in [-0.2, -0.15) is 0 Å². The van der Waals surface area contributed by atoms with Gasteiger partial charge in [0.25, 0.3) is 0 Å². The van der Waals surface area contributed by atoms with E-state index in [2.05, 4.69) is 6.92 Å². The highest BCUT2D eigenvalue weighted by atomic mass is 19.1. The zero-order valence-electron chi connectivity index (χ0n) is 18.0. The van der Waals surface area contributed by atoms with Gasteiger partial charge in [0.15, 0.2) is 0 Å². The normalized spacial score (nSPS) is 10.9. The fraction of sp³-hybridized carbons (Fsp3) is 0.720. The fourth-order valence-corrected chi connectivity index (χ4v) is 3.46. The number of ether oxygens (including phenoxy) is 1. The van der Waals surface area contributed by atoms with Crippen LogP contribution in [0.15, 0.2) is 24.3 Å². The van der Waals surface area contributed by atoms with Crippen molar-refractivity contribution >= 4 is 5.97 Å². The maximum absolute atomic E-state index is 12.8. The lowest BCUT2D eigenvalue weighted by Gasteiger charge is -2.05. The van der Waals surface area contributed by atoms with E-state index in [9.17, 15) is 9.18 Å². The van der Waals surface area contributed by atoms with Crippen molar-refractivity contribution in [2.45, 2.75) is 116 Å². The molecule has 0 aromatic heterocycles. The summed E-state index contributed by atoms with van der Waals surface area (Å²) in [6, 6.07) is 6.07. The van der Waals surface area contributed by atoms with Crippen molar-refractivity contribution in [3.8, 4) is 0 Å². The average molecular weight is 393 g/mol. The highest BCUT2D eigenvalue weighted by Crippen LogP contribution is 2.14. The maximum atomic E-state index is 12.8. The summed E-state index contributed by atoms with van der Waals surface area (Å²) in [5.74, 6) is -0.424. The molecule has 0 unspecified atom stereocenters. The van der Waals surface area contributed by atoms with Crippen molar-refractivity contribution in [3.05, 3.63) is 35.6 Å². The van der Waals surface area contributed by atoms with Gasteiger partial charge in [0, 0.05) is 6.42 Å². The molecule has 1 aromatic carbocycles. The first-order valence-electron chi connectivity index (χ1n) is 11.6. The standard InChI is InChI=1S/C25H41FO2/c1-2-3-4-5-6-7-8-9-10-11-12-13-14-15-16-17-25(27)28-22-23-18-20-24(26)21-19-23/h18-21H,2-17,22H2,1H3. The average Bonchev–Trinajstić information content (AvgIpc) is 2.70. The lowest BCUT2D eigenvalue weighted by molar-refractivity contribution is -0.145. The number of esters is 1. The van der Waals surface area contributed by atoms with E-state index in [0.29, 0.717) is 6.42 Å². The molecule has 0 atom stereocenters. The lowest BCUT2D eigenvalue weighted by Crippen LogP contribution is -2.04. The van der Waals surface area contributed by atoms with Crippen LogP contribution >= 0.6 is 0 Å². The van der Waals surface area contributed by atoms with Crippen molar-refractivity contribution in [2.75, 3.05) is 0 Å². The SMILES string of the molecule is CCCCCCCCCCCCCCCCCC(=O)OCc1ccc(F)cc1. The van der Waals surface area contributed by atoms with Gasteiger partial charge in [-0.25, -0.2) is 4.39 Å². The van der Waals surface area contributed by atoms with Gasteiger partial charge in [-0.05, 0) is 24.1 Å². The molecule has 0 fully saturated rings. The number of hydrogen-bond acceptors (Lipinski definition) is 2. The Morgan fingerprint density at radius 1 is 0.714 bits per heavy atom. The second-order valence-electron chi connectivity index (χ2n) is 7.99. The predicted octanol–water partition coefficient (Wildman–Crippen LogP) is 8.13. The summed E-state index contributed by atoms with van der Waals surface area (Å²) in [7, 11) is 0. The van der Waals surface area contributed by atoms with E-state index < -0.39 is 0 Å². The molecule has 3 heteroatoms. The van der Waals surface area contributed by atoms with E-state index in [0.717, 1.165) is 18.4 Å². The Kier molecular flexibility index (Phi) is 15.6. The van der Waals surface area contributed by atoms with Gasteiger partial charge in [0.05, 0.1) is 0 Å². The number of carbonyl (C=O) groups is 1. The van der Waals surface area contributed by atoms with Crippen molar-refractivity contribution < 1.29 is 13.9 Å². The van der Waals surface area contributed by atoms with E-state index in [1.165, 1.54) is 95.6 Å². The molecule has 0 aliphatic heterocycles. The molecule has 0 radical (unpaired) electrons. The highest BCUT2D eigenvalue weighted by molar-refractivity contribution is 5.69. The largest absolute Gasteiger partial charge is 0.461 e. The molecule has 1 aromatic rings. The Balaban J connectivity index is 1.80. The molecule has 160 valence electrons. The summed E-state index contributed by atoms with van der Waals surface area (Å²) in [5, 5.41) is 0. The van der Waals surface area contributed by atoms with Gasteiger partial charge in [0.1, 0.15) is 12.4 Å². The minimum atomic E-state index is -0.270. The zero-order valence-corrected chi connectivity index (χ0v) is 18.0. The predicted molar refractivity (Wildman–Crippen MR) is 116 cm³/mol. The maximum Gasteiger partial charge on any atom is 0.306 e. The summed E-state index contributed by atoms with van der Waals surface area (Å²) < 4.78 is 18.0. The molecular formula is C25H41FO2. The molecule has 0 aliphatic carbocycles. The monoisotopic (exact) mass is 392 g/mol. The van der Waals surface area contributed by atoms with E-state index in [1.807, 2.05) is 0 Å². The number of carbonyl (C=O) groups excluding carboxylic acids is 1. The Hall–Kier alpha value is -1.38. The summed E-state index contributed by atoms with van der Waals surface area (Å²) in [6.45, 7) is 2.50. The molecule has 2 nitrogen and oxygen atoms in total. The molecule has 0 bridgehead atoms. The van der Waals surface area contributed by atoms with Crippen LogP contribution in [0.2, 0.25) is 0 Å². The van der Waals surface area contributed by atoms with E-state index in [-0.39, 0.29) is 18.4 Å². The van der Waals surface area contributed by atoms with Crippen molar-refractivity contribution in [3.63, 3.8) is 0 Å². The molecule has 0 aliphatic rings. The molecule has 0 saturated heterocycles. The van der Waals surface area contributed by atoms with Crippen molar-refractivity contribution in [1.82, 2.24) is 0 Å². The molecule has 0 amide bonds. The van der Waals surface area contributed by atoms with Gasteiger partial charge < -0.3 is 4.74 Å². The summed E-state index contributed by atoms with van der Waals surface area (Å²) in [5.41, 5.74) is 0.825. The van der Waals surface area contributed by atoms with Crippen LogP contribution in [0.5, 0.6) is 0 Å². The van der Waals surface area contributed by atoms with Crippen LogP contribution in [-0.4, -0.2) is 5.97 Å². The third-order valence-corrected chi connectivity index (χ3v) is 5.30. The number of benzene rings is 1. The summed E-state index contributed by atoms with van der Waals surface area (Å²) in [4.78, 5) is 11.7. The molecule has 0 spiro atoms. The Labute approximate surface area is 172 Å². The van der Waals surface area contributed by atoms with Crippen LogP contribution in [0.1, 0.15) is 115 Å². The highest BCUT2D eigenvalue weighted by Gasteiger charge is 2.03. The Bertz CT molecular complexity index is 484. The second kappa shape index (κ2) is 17.7. The first-order chi connectivity index (χ1) is 13.7. The Morgan fingerprint density at radius 2 is 1.14 bits per heavy atom. The van der Waals surface area contributed by atoms with Crippen molar-refractivity contribution in [2.24, 2.45) is 0 Å². The van der Waals surface area contributed by atoms with E-state index in [4.69, 9.17) is 4.74 Å². The number of unbranched alkanes of at least 4 members (excludes halogenated alkanes) is 14. The van der Waals surface area contributed by atoms with Crippen LogP contribution in [0, 0.1) is 5.82 Å². The minimum absolute atomic E-state index is 0.154. The van der Waals surface area contributed by atoms with Gasteiger partial charge in [-0.1, -0.05) is 109 Å². The minimum Gasteiger partial charge on any atom is -0.461 e. The third-order valence-electron chi connectivity index (χ3n) is 5.30. The summed E-state index contributed by atoms with van der Waals surface area (Å²) >= 11 is 0. The van der Waals surface area contributed by atoms with Crippen LogP contribution in [-0.2, 0) is 16.1 Å². The fourth-order valence-electron chi connectivity index (χ4n) is 3.46. The van der Waals surface area contributed by atoms with Gasteiger partial charge >= 0.3 is 5.97 Å². The van der Waals surface area contributed by atoms with Crippen LogP contribution in [0.3, 0.4) is 0 Å². The summed E-state index contributed by atoms with van der Waals surface area (Å²) in [6.07, 6.45) is 20.3. The number of hydrogen-bond donors (Lipinski definition) is 0. The van der Waals surface area contributed by atoms with E-state index >= 15 is 0 Å². The quantitative estimate of drug-likeness (QED) is 0.186. The number of rotatable bonds is 18. The van der Waals surface area contributed by atoms with Crippen molar-refractivity contribution in [1.29, 1.82) is 0 Å². The number of halogens is 1. The molecule has 0 saturated carbocycles. The van der Waals surface area contributed by atoms with Gasteiger partial charge in [-0.15, -0.1) is 0 Å². The molecule has 0 N–H and O–H groups in total. The third kappa shape index (κ3) is 14.6. The molecule has 28 heavy (non-hydrogen) atoms.